The summed E-state index contributed by atoms with van der Waals surface area (Å²) in [5, 5.41) is 2.68. The van der Waals surface area contributed by atoms with Crippen molar-refractivity contribution in [3.8, 4) is 0 Å². The van der Waals surface area contributed by atoms with Gasteiger partial charge in [0.05, 0.1) is 0 Å². The Morgan fingerprint density at radius 3 is 2.93 bits per heavy atom. The molecule has 1 atom stereocenters. The van der Waals surface area contributed by atoms with E-state index >= 15 is 0 Å². The Bertz CT molecular complexity index is 398. The topological polar surface area (TPSA) is 46.2 Å². The molecule has 0 aliphatic carbocycles. The molecule has 0 spiro atoms. The lowest BCUT2D eigenvalue weighted by atomic mass is 9.99. The van der Waals surface area contributed by atoms with Crippen LogP contribution in [0.15, 0.2) is 18.2 Å². The van der Waals surface area contributed by atoms with Crippen LogP contribution in [0.2, 0.25) is 0 Å². The SMILES string of the molecule is CCc1ccc2c(c1)C(C=O)C(=O)N2. The Morgan fingerprint density at radius 2 is 2.29 bits per heavy atom. The predicted molar refractivity (Wildman–Crippen MR) is 53.3 cm³/mol. The summed E-state index contributed by atoms with van der Waals surface area (Å²) < 4.78 is 0. The number of anilines is 1. The number of rotatable bonds is 2. The zero-order chi connectivity index (χ0) is 10.1. The fourth-order valence-corrected chi connectivity index (χ4v) is 1.69. The highest BCUT2D eigenvalue weighted by Crippen LogP contribution is 2.31. The third kappa shape index (κ3) is 1.21. The number of fused-ring (bicyclic) bond motifs is 1. The van der Waals surface area contributed by atoms with Gasteiger partial charge in [-0.15, -0.1) is 0 Å². The average Bonchev–Trinajstić information content (AvgIpc) is 2.52. The largest absolute Gasteiger partial charge is 0.325 e. The smallest absolute Gasteiger partial charge is 0.239 e. The highest BCUT2D eigenvalue weighted by molar-refractivity contribution is 6.11. The summed E-state index contributed by atoms with van der Waals surface area (Å²) in [5.41, 5.74) is 2.72. The van der Waals surface area contributed by atoms with E-state index in [1.807, 2.05) is 25.1 Å². The monoisotopic (exact) mass is 189 g/mol. The molecule has 1 aliphatic heterocycles. The Kier molecular flexibility index (Phi) is 2.08. The number of amides is 1. The van der Waals surface area contributed by atoms with Crippen LogP contribution < -0.4 is 5.32 Å². The van der Waals surface area contributed by atoms with Crippen molar-refractivity contribution < 1.29 is 9.59 Å². The molecule has 1 aromatic carbocycles. The number of hydrogen-bond acceptors (Lipinski definition) is 2. The molecule has 1 aromatic rings. The van der Waals surface area contributed by atoms with Crippen LogP contribution in [-0.2, 0) is 16.0 Å². The lowest BCUT2D eigenvalue weighted by molar-refractivity contribution is -0.121. The second-order valence-corrected chi connectivity index (χ2v) is 3.38. The molecule has 0 fully saturated rings. The Morgan fingerprint density at radius 1 is 1.50 bits per heavy atom. The van der Waals surface area contributed by atoms with Gasteiger partial charge in [0.1, 0.15) is 12.2 Å². The second-order valence-electron chi connectivity index (χ2n) is 3.38. The van der Waals surface area contributed by atoms with Crippen LogP contribution in [0.25, 0.3) is 0 Å². The number of carbonyl (C=O) groups excluding carboxylic acids is 2. The van der Waals surface area contributed by atoms with E-state index in [9.17, 15) is 9.59 Å². The van der Waals surface area contributed by atoms with Crippen LogP contribution >= 0.6 is 0 Å². The number of benzene rings is 1. The first kappa shape index (κ1) is 8.94. The van der Waals surface area contributed by atoms with Crippen molar-refractivity contribution in [2.24, 2.45) is 0 Å². The van der Waals surface area contributed by atoms with Gasteiger partial charge in [-0.3, -0.25) is 4.79 Å². The van der Waals surface area contributed by atoms with E-state index in [4.69, 9.17) is 0 Å². The van der Waals surface area contributed by atoms with Crippen LogP contribution in [-0.4, -0.2) is 12.2 Å². The van der Waals surface area contributed by atoms with Crippen LogP contribution in [0.3, 0.4) is 0 Å². The minimum Gasteiger partial charge on any atom is -0.325 e. The van der Waals surface area contributed by atoms with Gasteiger partial charge in [-0.2, -0.15) is 0 Å². The molecule has 1 N–H and O–H groups in total. The molecule has 1 amide bonds. The molecule has 2 rings (SSSR count). The van der Waals surface area contributed by atoms with Crippen molar-refractivity contribution in [3.05, 3.63) is 29.3 Å². The number of aryl methyl sites for hydroxylation is 1. The van der Waals surface area contributed by atoms with Gasteiger partial charge in [-0.25, -0.2) is 0 Å². The summed E-state index contributed by atoms with van der Waals surface area (Å²) in [6, 6.07) is 5.74. The maximum Gasteiger partial charge on any atom is 0.239 e. The molecule has 14 heavy (non-hydrogen) atoms. The first-order valence-electron chi connectivity index (χ1n) is 4.65. The molecule has 0 bridgehead atoms. The van der Waals surface area contributed by atoms with Crippen molar-refractivity contribution in [2.45, 2.75) is 19.3 Å². The Balaban J connectivity index is 2.49. The Labute approximate surface area is 82.1 Å². The summed E-state index contributed by atoms with van der Waals surface area (Å²) in [5.74, 6) is -0.834. The molecule has 0 aromatic heterocycles. The molecule has 0 saturated carbocycles. The van der Waals surface area contributed by atoms with Crippen molar-refractivity contribution in [1.82, 2.24) is 0 Å². The lowest BCUT2D eigenvalue weighted by Crippen LogP contribution is -2.12. The zero-order valence-electron chi connectivity index (χ0n) is 7.91. The van der Waals surface area contributed by atoms with Crippen molar-refractivity contribution in [2.75, 3.05) is 5.32 Å². The van der Waals surface area contributed by atoms with E-state index in [1.54, 1.807) is 0 Å². The lowest BCUT2D eigenvalue weighted by Gasteiger charge is -2.02. The quantitative estimate of drug-likeness (QED) is 0.565. The highest BCUT2D eigenvalue weighted by Gasteiger charge is 2.29. The van der Waals surface area contributed by atoms with E-state index in [2.05, 4.69) is 5.32 Å². The van der Waals surface area contributed by atoms with Gasteiger partial charge in [-0.1, -0.05) is 19.1 Å². The summed E-state index contributed by atoms with van der Waals surface area (Å²) in [6.07, 6.45) is 1.60. The first-order chi connectivity index (χ1) is 6.76. The van der Waals surface area contributed by atoms with Crippen LogP contribution in [0, 0.1) is 0 Å². The minimum absolute atomic E-state index is 0.219. The Hall–Kier alpha value is -1.64. The van der Waals surface area contributed by atoms with Gasteiger partial charge < -0.3 is 10.1 Å². The highest BCUT2D eigenvalue weighted by atomic mass is 16.2. The maximum absolute atomic E-state index is 11.3. The van der Waals surface area contributed by atoms with Crippen LogP contribution in [0.4, 0.5) is 5.69 Å². The van der Waals surface area contributed by atoms with Crippen molar-refractivity contribution >= 4 is 17.9 Å². The van der Waals surface area contributed by atoms with E-state index in [0.29, 0.717) is 6.29 Å². The third-order valence-electron chi connectivity index (χ3n) is 2.54. The number of aldehydes is 1. The molecule has 1 heterocycles. The molecule has 1 aliphatic rings. The molecule has 3 nitrogen and oxygen atoms in total. The molecule has 0 saturated heterocycles. The summed E-state index contributed by atoms with van der Waals surface area (Å²) >= 11 is 0. The van der Waals surface area contributed by atoms with Crippen molar-refractivity contribution in [1.29, 1.82) is 0 Å². The fraction of sp³-hybridized carbons (Fsp3) is 0.273. The second kappa shape index (κ2) is 3.25. The van der Waals surface area contributed by atoms with Crippen molar-refractivity contribution in [3.63, 3.8) is 0 Å². The van der Waals surface area contributed by atoms with Gasteiger partial charge >= 0.3 is 0 Å². The van der Waals surface area contributed by atoms with E-state index in [1.165, 1.54) is 0 Å². The zero-order valence-corrected chi connectivity index (χ0v) is 7.91. The van der Waals surface area contributed by atoms with Gasteiger partial charge in [0.15, 0.2) is 0 Å². The normalized spacial score (nSPS) is 18.9. The fourth-order valence-electron chi connectivity index (χ4n) is 1.69. The number of nitrogens with one attached hydrogen (secondary N) is 1. The molecule has 1 unspecified atom stereocenters. The molecule has 72 valence electrons. The number of hydrogen-bond donors (Lipinski definition) is 1. The average molecular weight is 189 g/mol. The van der Waals surface area contributed by atoms with Gasteiger partial charge in [0.25, 0.3) is 0 Å². The summed E-state index contributed by atoms with van der Waals surface area (Å²) in [6.45, 7) is 2.04. The molecular weight excluding hydrogens is 178 g/mol. The van der Waals surface area contributed by atoms with E-state index < -0.39 is 5.92 Å². The maximum atomic E-state index is 11.3. The predicted octanol–water partition coefficient (Wildman–Crippen LogP) is 1.48. The van der Waals surface area contributed by atoms with Gasteiger partial charge in [0, 0.05) is 5.69 Å². The molecule has 0 radical (unpaired) electrons. The number of carbonyl (C=O) groups is 2. The minimum atomic E-state index is -0.614. The third-order valence-corrected chi connectivity index (χ3v) is 2.54. The summed E-state index contributed by atoms with van der Waals surface area (Å²) in [4.78, 5) is 22.0. The molecular formula is C11H11NO2. The van der Waals surface area contributed by atoms with Crippen LogP contribution in [0.5, 0.6) is 0 Å². The van der Waals surface area contributed by atoms with Gasteiger partial charge in [-0.05, 0) is 23.6 Å². The van der Waals surface area contributed by atoms with Crippen LogP contribution in [0.1, 0.15) is 24.0 Å². The van der Waals surface area contributed by atoms with Gasteiger partial charge in [0.2, 0.25) is 5.91 Å². The first-order valence-corrected chi connectivity index (χ1v) is 4.65. The standard InChI is InChI=1S/C11H11NO2/c1-2-7-3-4-10-8(5-7)9(6-13)11(14)12-10/h3-6,9H,2H2,1H3,(H,12,14). The van der Waals surface area contributed by atoms with E-state index in [-0.39, 0.29) is 5.91 Å². The summed E-state index contributed by atoms with van der Waals surface area (Å²) in [7, 11) is 0. The molecule has 3 heteroatoms. The van der Waals surface area contributed by atoms with E-state index in [0.717, 1.165) is 23.2 Å².